The Hall–Kier alpha value is -1.26. The van der Waals surface area contributed by atoms with Crippen LogP contribution in [0.5, 0.6) is 0 Å². The van der Waals surface area contributed by atoms with Crippen LogP contribution in [0.25, 0.3) is 0 Å². The molecule has 0 bridgehead atoms. The maximum Gasteiger partial charge on any atom is 0.0639 e. The third-order valence-electron chi connectivity index (χ3n) is 2.21. The van der Waals surface area contributed by atoms with Gasteiger partial charge >= 0.3 is 0 Å². The van der Waals surface area contributed by atoms with E-state index < -0.39 is 0 Å². The van der Waals surface area contributed by atoms with Crippen LogP contribution in [-0.2, 0) is 4.74 Å². The molecule has 0 aliphatic rings. The second-order valence-corrected chi connectivity index (χ2v) is 3.93. The first-order valence-corrected chi connectivity index (χ1v) is 5.51. The number of rotatable bonds is 7. The van der Waals surface area contributed by atoms with Crippen LogP contribution in [0.1, 0.15) is 0 Å². The summed E-state index contributed by atoms with van der Waals surface area (Å²) in [4.78, 5) is 2.10. The minimum atomic E-state index is 0.697. The van der Waals surface area contributed by atoms with Gasteiger partial charge in [0.05, 0.1) is 24.6 Å². The van der Waals surface area contributed by atoms with E-state index in [0.29, 0.717) is 6.61 Å². The molecule has 1 aromatic rings. The largest absolute Gasteiger partial charge is 0.397 e. The zero-order valence-electron chi connectivity index (χ0n) is 10.1. The molecule has 0 aliphatic carbocycles. The van der Waals surface area contributed by atoms with Crippen LogP contribution in [0.3, 0.4) is 0 Å². The summed E-state index contributed by atoms with van der Waals surface area (Å²) in [5.41, 5.74) is 7.54. The lowest BCUT2D eigenvalue weighted by molar-refractivity contribution is 0.126. The quantitative estimate of drug-likeness (QED) is 0.540. The van der Waals surface area contributed by atoms with Crippen molar-refractivity contribution in [2.24, 2.45) is 0 Å². The average Bonchev–Trinajstić information content (AvgIpc) is 2.25. The van der Waals surface area contributed by atoms with Gasteiger partial charge in [-0.3, -0.25) is 0 Å². The van der Waals surface area contributed by atoms with Crippen molar-refractivity contribution in [3.8, 4) is 0 Å². The molecular formula is C12H21N3O. The summed E-state index contributed by atoms with van der Waals surface area (Å²) < 4.78 is 5.46. The average molecular weight is 223 g/mol. The molecule has 0 amide bonds. The fourth-order valence-corrected chi connectivity index (χ4v) is 1.27. The van der Waals surface area contributed by atoms with Crippen LogP contribution in [0.4, 0.5) is 11.4 Å². The molecule has 0 unspecified atom stereocenters. The Morgan fingerprint density at radius 1 is 1.25 bits per heavy atom. The minimum absolute atomic E-state index is 0.697. The molecule has 1 aromatic carbocycles. The number of nitrogens with two attached hydrogens (primary N) is 1. The molecule has 1 rings (SSSR count). The monoisotopic (exact) mass is 223 g/mol. The molecule has 90 valence electrons. The molecule has 4 heteroatoms. The highest BCUT2D eigenvalue weighted by molar-refractivity contribution is 5.65. The minimum Gasteiger partial charge on any atom is -0.397 e. The number of likely N-dealkylation sites (N-methyl/N-ethyl adjacent to an activating group) is 1. The Balaban J connectivity index is 2.10. The highest BCUT2D eigenvalue weighted by Crippen LogP contribution is 2.15. The maximum absolute atomic E-state index is 5.79. The fraction of sp³-hybridized carbons (Fsp3) is 0.500. The Kier molecular flexibility index (Phi) is 5.67. The highest BCUT2D eigenvalue weighted by Gasteiger charge is 1.96. The first-order chi connectivity index (χ1) is 7.70. The van der Waals surface area contributed by atoms with Crippen molar-refractivity contribution >= 4 is 11.4 Å². The Morgan fingerprint density at radius 3 is 2.69 bits per heavy atom. The van der Waals surface area contributed by atoms with Crippen molar-refractivity contribution in [1.82, 2.24) is 4.90 Å². The van der Waals surface area contributed by atoms with Crippen LogP contribution >= 0.6 is 0 Å². The van der Waals surface area contributed by atoms with E-state index in [0.717, 1.165) is 31.1 Å². The number of nitrogens with zero attached hydrogens (tertiary/aromatic N) is 1. The van der Waals surface area contributed by atoms with Gasteiger partial charge in [0.2, 0.25) is 0 Å². The molecule has 0 fully saturated rings. The number of nitrogens with one attached hydrogen (secondary N) is 1. The van der Waals surface area contributed by atoms with E-state index >= 15 is 0 Å². The third-order valence-corrected chi connectivity index (χ3v) is 2.21. The van der Waals surface area contributed by atoms with Crippen LogP contribution in [0.2, 0.25) is 0 Å². The number of ether oxygens (including phenoxy) is 1. The van der Waals surface area contributed by atoms with Gasteiger partial charge in [-0.25, -0.2) is 0 Å². The van der Waals surface area contributed by atoms with Crippen LogP contribution in [0.15, 0.2) is 24.3 Å². The van der Waals surface area contributed by atoms with Gasteiger partial charge in [-0.15, -0.1) is 0 Å². The first kappa shape index (κ1) is 12.8. The van der Waals surface area contributed by atoms with Crippen molar-refractivity contribution in [3.05, 3.63) is 24.3 Å². The molecule has 3 N–H and O–H groups in total. The van der Waals surface area contributed by atoms with E-state index in [1.165, 1.54) is 0 Å². The summed E-state index contributed by atoms with van der Waals surface area (Å²) in [6.07, 6.45) is 0. The lowest BCUT2D eigenvalue weighted by atomic mass is 10.3. The van der Waals surface area contributed by atoms with Gasteiger partial charge in [-0.2, -0.15) is 0 Å². The standard InChI is InChI=1S/C12H21N3O/c1-15(2)8-10-16-9-7-14-12-6-4-3-5-11(12)13/h3-6,14H,7-10,13H2,1-2H3. The predicted octanol–water partition coefficient (Wildman–Crippen LogP) is 1.26. The van der Waals surface area contributed by atoms with E-state index in [-0.39, 0.29) is 0 Å². The molecule has 0 spiro atoms. The lowest BCUT2D eigenvalue weighted by Crippen LogP contribution is -2.20. The second kappa shape index (κ2) is 7.09. The summed E-state index contributed by atoms with van der Waals surface area (Å²) in [5.74, 6) is 0. The Bertz CT molecular complexity index is 302. The van der Waals surface area contributed by atoms with E-state index in [2.05, 4.69) is 10.2 Å². The van der Waals surface area contributed by atoms with Gasteiger partial charge in [-0.05, 0) is 26.2 Å². The Labute approximate surface area is 97.4 Å². The second-order valence-electron chi connectivity index (χ2n) is 3.93. The van der Waals surface area contributed by atoms with Gasteiger partial charge in [0, 0.05) is 13.1 Å². The number of hydrogen-bond donors (Lipinski definition) is 2. The summed E-state index contributed by atoms with van der Waals surface area (Å²) in [7, 11) is 4.07. The van der Waals surface area contributed by atoms with Crippen molar-refractivity contribution in [2.45, 2.75) is 0 Å². The number of nitrogen functional groups attached to an aromatic ring is 1. The summed E-state index contributed by atoms with van der Waals surface area (Å²) in [6.45, 7) is 3.19. The van der Waals surface area contributed by atoms with Gasteiger partial charge in [-0.1, -0.05) is 12.1 Å². The Morgan fingerprint density at radius 2 is 2.00 bits per heavy atom. The van der Waals surface area contributed by atoms with Crippen molar-refractivity contribution in [2.75, 3.05) is 51.4 Å². The molecule has 0 saturated heterocycles. The van der Waals surface area contributed by atoms with Crippen LogP contribution in [0, 0.1) is 0 Å². The summed E-state index contributed by atoms with van der Waals surface area (Å²) >= 11 is 0. The van der Waals surface area contributed by atoms with Crippen molar-refractivity contribution < 1.29 is 4.74 Å². The van der Waals surface area contributed by atoms with Gasteiger partial charge in [0.25, 0.3) is 0 Å². The fourth-order valence-electron chi connectivity index (χ4n) is 1.27. The molecular weight excluding hydrogens is 202 g/mol. The molecule has 0 radical (unpaired) electrons. The van der Waals surface area contributed by atoms with Crippen LogP contribution in [-0.4, -0.2) is 45.3 Å². The summed E-state index contributed by atoms with van der Waals surface area (Å²) in [6, 6.07) is 7.74. The predicted molar refractivity (Wildman–Crippen MR) is 68.7 cm³/mol. The zero-order valence-corrected chi connectivity index (χ0v) is 10.1. The molecule has 4 nitrogen and oxygen atoms in total. The van der Waals surface area contributed by atoms with Crippen molar-refractivity contribution in [3.63, 3.8) is 0 Å². The number of hydrogen-bond acceptors (Lipinski definition) is 4. The van der Waals surface area contributed by atoms with Gasteiger partial charge in [0.1, 0.15) is 0 Å². The maximum atomic E-state index is 5.79. The topological polar surface area (TPSA) is 50.5 Å². The van der Waals surface area contributed by atoms with E-state index in [4.69, 9.17) is 10.5 Å². The lowest BCUT2D eigenvalue weighted by Gasteiger charge is -2.11. The number of para-hydroxylation sites is 2. The zero-order chi connectivity index (χ0) is 11.8. The third kappa shape index (κ3) is 5.00. The van der Waals surface area contributed by atoms with Crippen LogP contribution < -0.4 is 11.1 Å². The summed E-state index contributed by atoms with van der Waals surface area (Å²) in [5, 5.41) is 3.24. The SMILES string of the molecule is CN(C)CCOCCNc1ccccc1N. The van der Waals surface area contributed by atoms with E-state index in [9.17, 15) is 0 Å². The molecule has 0 heterocycles. The molecule has 0 atom stereocenters. The first-order valence-electron chi connectivity index (χ1n) is 5.51. The smallest absolute Gasteiger partial charge is 0.0639 e. The molecule has 0 aromatic heterocycles. The van der Waals surface area contributed by atoms with Crippen molar-refractivity contribution in [1.29, 1.82) is 0 Å². The molecule has 16 heavy (non-hydrogen) atoms. The number of anilines is 2. The number of benzene rings is 1. The normalized spacial score (nSPS) is 10.7. The van der Waals surface area contributed by atoms with E-state index in [1.54, 1.807) is 0 Å². The van der Waals surface area contributed by atoms with Gasteiger partial charge in [0.15, 0.2) is 0 Å². The molecule has 0 saturated carbocycles. The van der Waals surface area contributed by atoms with Gasteiger partial charge < -0.3 is 20.7 Å². The van der Waals surface area contributed by atoms with E-state index in [1.807, 2.05) is 38.4 Å². The highest BCUT2D eigenvalue weighted by atomic mass is 16.5. The molecule has 0 aliphatic heterocycles.